The summed E-state index contributed by atoms with van der Waals surface area (Å²) in [5, 5.41) is 11.6. The number of ether oxygens (including phenoxy) is 1. The summed E-state index contributed by atoms with van der Waals surface area (Å²) in [6.45, 7) is 5.65. The second-order valence-corrected chi connectivity index (χ2v) is 5.79. The van der Waals surface area contributed by atoms with Crippen LogP contribution < -0.4 is 10.1 Å². The van der Waals surface area contributed by atoms with Crippen molar-refractivity contribution < 1.29 is 19.4 Å². The van der Waals surface area contributed by atoms with Crippen LogP contribution in [0.15, 0.2) is 36.4 Å². The third-order valence-corrected chi connectivity index (χ3v) is 3.64. The molecule has 0 aliphatic carbocycles. The number of carboxylic acids is 1. The van der Waals surface area contributed by atoms with Crippen molar-refractivity contribution in [1.29, 1.82) is 0 Å². The molecular weight excluding hydrogens is 306 g/mol. The van der Waals surface area contributed by atoms with E-state index in [9.17, 15) is 9.59 Å². The van der Waals surface area contributed by atoms with Gasteiger partial charge in [-0.15, -0.1) is 0 Å². The summed E-state index contributed by atoms with van der Waals surface area (Å²) in [5.74, 6) is -0.701. The summed E-state index contributed by atoms with van der Waals surface area (Å²) < 4.78 is 5.27. The number of amides is 1. The van der Waals surface area contributed by atoms with E-state index in [1.165, 1.54) is 5.56 Å². The summed E-state index contributed by atoms with van der Waals surface area (Å²) in [6, 6.07) is 11.4. The van der Waals surface area contributed by atoms with Crippen LogP contribution in [0.3, 0.4) is 0 Å². The van der Waals surface area contributed by atoms with E-state index >= 15 is 0 Å². The van der Waals surface area contributed by atoms with Crippen LogP contribution in [-0.4, -0.2) is 23.6 Å². The van der Waals surface area contributed by atoms with Crippen LogP contribution in [0, 0.1) is 20.8 Å². The fourth-order valence-electron chi connectivity index (χ4n) is 2.43. The van der Waals surface area contributed by atoms with Gasteiger partial charge in [0.2, 0.25) is 0 Å². The lowest BCUT2D eigenvalue weighted by molar-refractivity contribution is -0.139. The molecule has 2 aromatic carbocycles. The van der Waals surface area contributed by atoms with Gasteiger partial charge in [0.25, 0.3) is 5.91 Å². The zero-order chi connectivity index (χ0) is 17.7. The molecule has 2 aromatic rings. The first kappa shape index (κ1) is 17.5. The molecule has 0 aromatic heterocycles. The Kier molecular flexibility index (Phi) is 5.58. The third kappa shape index (κ3) is 4.59. The standard InChI is InChI=1S/C19H21NO4/c1-12-4-6-15(7-5-12)10-20-19(23)16-8-13(2)18(14(3)9-16)24-11-17(21)22/h4-9H,10-11H2,1-3H3,(H,20,23)(H,21,22). The molecule has 5 heteroatoms. The highest BCUT2D eigenvalue weighted by atomic mass is 16.5. The number of rotatable bonds is 6. The van der Waals surface area contributed by atoms with Crippen LogP contribution in [0.25, 0.3) is 0 Å². The highest BCUT2D eigenvalue weighted by molar-refractivity contribution is 5.94. The number of carboxylic acid groups (broad SMARTS) is 1. The maximum absolute atomic E-state index is 12.3. The van der Waals surface area contributed by atoms with Gasteiger partial charge in [-0.3, -0.25) is 4.79 Å². The van der Waals surface area contributed by atoms with E-state index in [0.717, 1.165) is 16.7 Å². The first-order chi connectivity index (χ1) is 11.4. The minimum absolute atomic E-state index is 0.174. The molecule has 0 unspecified atom stereocenters. The minimum Gasteiger partial charge on any atom is -0.481 e. The summed E-state index contributed by atoms with van der Waals surface area (Å²) in [6.07, 6.45) is 0. The average Bonchev–Trinajstić information content (AvgIpc) is 2.52. The van der Waals surface area contributed by atoms with Gasteiger partial charge in [-0.1, -0.05) is 29.8 Å². The number of carbonyl (C=O) groups is 2. The van der Waals surface area contributed by atoms with Gasteiger partial charge in [0.1, 0.15) is 5.75 Å². The van der Waals surface area contributed by atoms with Gasteiger partial charge in [-0.25, -0.2) is 4.79 Å². The number of aryl methyl sites for hydroxylation is 3. The molecule has 0 heterocycles. The molecule has 0 spiro atoms. The SMILES string of the molecule is Cc1ccc(CNC(=O)c2cc(C)c(OCC(=O)O)c(C)c2)cc1. The van der Waals surface area contributed by atoms with Crippen LogP contribution >= 0.6 is 0 Å². The molecule has 1 amide bonds. The number of hydrogen-bond acceptors (Lipinski definition) is 3. The van der Waals surface area contributed by atoms with Crippen LogP contribution in [-0.2, 0) is 11.3 Å². The molecular formula is C19H21NO4. The third-order valence-electron chi connectivity index (χ3n) is 3.64. The lowest BCUT2D eigenvalue weighted by Gasteiger charge is -2.13. The first-order valence-electron chi connectivity index (χ1n) is 7.66. The zero-order valence-corrected chi connectivity index (χ0v) is 14.1. The molecule has 0 atom stereocenters. The molecule has 5 nitrogen and oxygen atoms in total. The molecule has 0 aliphatic heterocycles. The van der Waals surface area contributed by atoms with Crippen LogP contribution in [0.1, 0.15) is 32.6 Å². The smallest absolute Gasteiger partial charge is 0.341 e. The average molecular weight is 327 g/mol. The fraction of sp³-hybridized carbons (Fsp3) is 0.263. The number of hydrogen-bond donors (Lipinski definition) is 2. The molecule has 126 valence electrons. The highest BCUT2D eigenvalue weighted by Crippen LogP contribution is 2.24. The van der Waals surface area contributed by atoms with Gasteiger partial charge in [0, 0.05) is 12.1 Å². The van der Waals surface area contributed by atoms with Crippen LogP contribution in [0.5, 0.6) is 5.75 Å². The number of nitrogens with one attached hydrogen (secondary N) is 1. The van der Waals surface area contributed by atoms with Crippen molar-refractivity contribution in [3.8, 4) is 5.75 Å². The maximum atomic E-state index is 12.3. The van der Waals surface area contributed by atoms with Crippen molar-refractivity contribution in [2.24, 2.45) is 0 Å². The molecule has 0 aliphatic rings. The van der Waals surface area contributed by atoms with Crippen molar-refractivity contribution in [3.05, 3.63) is 64.2 Å². The van der Waals surface area contributed by atoms with Crippen LogP contribution in [0.2, 0.25) is 0 Å². The Morgan fingerprint density at radius 2 is 1.62 bits per heavy atom. The zero-order valence-electron chi connectivity index (χ0n) is 14.1. The Balaban J connectivity index is 2.06. The van der Waals surface area contributed by atoms with Crippen molar-refractivity contribution in [2.45, 2.75) is 27.3 Å². The molecule has 0 bridgehead atoms. The molecule has 0 radical (unpaired) electrons. The summed E-state index contributed by atoms with van der Waals surface area (Å²) in [5.41, 5.74) is 4.20. The van der Waals surface area contributed by atoms with E-state index in [1.54, 1.807) is 26.0 Å². The predicted octanol–water partition coefficient (Wildman–Crippen LogP) is 3.01. The minimum atomic E-state index is -1.03. The first-order valence-corrected chi connectivity index (χ1v) is 7.66. The van der Waals surface area contributed by atoms with E-state index in [2.05, 4.69) is 5.32 Å². The Hall–Kier alpha value is -2.82. The van der Waals surface area contributed by atoms with Crippen molar-refractivity contribution in [1.82, 2.24) is 5.32 Å². The maximum Gasteiger partial charge on any atom is 0.341 e. The van der Waals surface area contributed by atoms with Gasteiger partial charge in [-0.05, 0) is 49.6 Å². The highest BCUT2D eigenvalue weighted by Gasteiger charge is 2.12. The van der Waals surface area contributed by atoms with Gasteiger partial charge in [-0.2, -0.15) is 0 Å². The predicted molar refractivity (Wildman–Crippen MR) is 91.4 cm³/mol. The lowest BCUT2D eigenvalue weighted by atomic mass is 10.0. The van der Waals surface area contributed by atoms with Crippen molar-refractivity contribution >= 4 is 11.9 Å². The molecule has 0 saturated carbocycles. The van der Waals surface area contributed by atoms with E-state index < -0.39 is 12.6 Å². The summed E-state index contributed by atoms with van der Waals surface area (Å²) >= 11 is 0. The molecule has 2 rings (SSSR count). The molecule has 24 heavy (non-hydrogen) atoms. The summed E-state index contributed by atoms with van der Waals surface area (Å²) in [7, 11) is 0. The number of carbonyl (C=O) groups excluding carboxylic acids is 1. The van der Waals surface area contributed by atoms with Gasteiger partial charge < -0.3 is 15.2 Å². The van der Waals surface area contributed by atoms with E-state index in [0.29, 0.717) is 17.9 Å². The largest absolute Gasteiger partial charge is 0.481 e. The van der Waals surface area contributed by atoms with Gasteiger partial charge in [0.05, 0.1) is 0 Å². The monoisotopic (exact) mass is 327 g/mol. The van der Waals surface area contributed by atoms with Crippen molar-refractivity contribution in [3.63, 3.8) is 0 Å². The van der Waals surface area contributed by atoms with Gasteiger partial charge >= 0.3 is 5.97 Å². The number of benzene rings is 2. The molecule has 2 N–H and O–H groups in total. The van der Waals surface area contributed by atoms with Crippen LogP contribution in [0.4, 0.5) is 0 Å². The van der Waals surface area contributed by atoms with E-state index in [4.69, 9.17) is 9.84 Å². The Morgan fingerprint density at radius 1 is 1.04 bits per heavy atom. The fourth-order valence-corrected chi connectivity index (χ4v) is 2.43. The second kappa shape index (κ2) is 7.64. The molecule has 0 fully saturated rings. The van der Waals surface area contributed by atoms with Gasteiger partial charge in [0.15, 0.2) is 6.61 Å². The van der Waals surface area contributed by atoms with Crippen molar-refractivity contribution in [2.75, 3.05) is 6.61 Å². The molecule has 0 saturated heterocycles. The summed E-state index contributed by atoms with van der Waals surface area (Å²) in [4.78, 5) is 22.9. The Morgan fingerprint density at radius 3 is 2.17 bits per heavy atom. The topological polar surface area (TPSA) is 75.6 Å². The Bertz CT molecular complexity index is 727. The lowest BCUT2D eigenvalue weighted by Crippen LogP contribution is -2.23. The van der Waals surface area contributed by atoms with E-state index in [1.807, 2.05) is 31.2 Å². The quantitative estimate of drug-likeness (QED) is 0.855. The van der Waals surface area contributed by atoms with E-state index in [-0.39, 0.29) is 5.91 Å². The number of aliphatic carboxylic acids is 1. The normalized spacial score (nSPS) is 10.3. The Labute approximate surface area is 141 Å². The second-order valence-electron chi connectivity index (χ2n) is 5.79.